The SMILES string of the molecule is CN=C/C=C(\N)c1cccc([N+](=O)[O-])c1OC. The molecule has 1 aromatic rings. The van der Waals surface area contributed by atoms with Gasteiger partial charge in [-0.3, -0.25) is 15.1 Å². The van der Waals surface area contributed by atoms with Crippen molar-refractivity contribution in [3.05, 3.63) is 40.0 Å². The maximum absolute atomic E-state index is 10.8. The molecule has 0 bridgehead atoms. The van der Waals surface area contributed by atoms with Crippen molar-refractivity contribution in [3.8, 4) is 5.75 Å². The quantitative estimate of drug-likeness (QED) is 0.487. The average Bonchev–Trinajstić information content (AvgIpc) is 2.34. The van der Waals surface area contributed by atoms with Gasteiger partial charge in [0.1, 0.15) is 0 Å². The summed E-state index contributed by atoms with van der Waals surface area (Å²) in [7, 11) is 2.97. The average molecular weight is 235 g/mol. The normalized spacial score (nSPS) is 11.8. The van der Waals surface area contributed by atoms with Gasteiger partial charge >= 0.3 is 5.69 Å². The van der Waals surface area contributed by atoms with E-state index in [2.05, 4.69) is 4.99 Å². The first-order valence-electron chi connectivity index (χ1n) is 4.81. The highest BCUT2D eigenvalue weighted by atomic mass is 16.6. The Kier molecular flexibility index (Phi) is 4.21. The number of nitro benzene ring substituents is 1. The zero-order valence-electron chi connectivity index (χ0n) is 9.58. The number of aliphatic imine (C=N–C) groups is 1. The molecule has 1 aromatic carbocycles. The van der Waals surface area contributed by atoms with Crippen molar-refractivity contribution in [2.45, 2.75) is 0 Å². The van der Waals surface area contributed by atoms with Crippen molar-refractivity contribution >= 4 is 17.6 Å². The van der Waals surface area contributed by atoms with Crippen LogP contribution in [0, 0.1) is 10.1 Å². The summed E-state index contributed by atoms with van der Waals surface area (Å²) in [5.41, 5.74) is 6.51. The van der Waals surface area contributed by atoms with Crippen molar-refractivity contribution < 1.29 is 9.66 Å². The first-order valence-corrected chi connectivity index (χ1v) is 4.81. The minimum Gasteiger partial charge on any atom is -0.490 e. The highest BCUT2D eigenvalue weighted by Crippen LogP contribution is 2.32. The molecule has 17 heavy (non-hydrogen) atoms. The Morgan fingerprint density at radius 3 is 2.82 bits per heavy atom. The number of hydrogen-bond donors (Lipinski definition) is 1. The van der Waals surface area contributed by atoms with Gasteiger partial charge in [-0.25, -0.2) is 0 Å². The number of benzene rings is 1. The van der Waals surface area contributed by atoms with Gasteiger partial charge in [0.15, 0.2) is 0 Å². The van der Waals surface area contributed by atoms with Crippen molar-refractivity contribution in [2.24, 2.45) is 10.7 Å². The standard InChI is InChI=1S/C11H13N3O3/c1-13-7-6-9(12)8-4-3-5-10(14(15)16)11(8)17-2/h3-7H,12H2,1-2H3/b9-6-,13-7?. The Morgan fingerprint density at radius 2 is 2.29 bits per heavy atom. The maximum Gasteiger partial charge on any atom is 0.311 e. The van der Waals surface area contributed by atoms with E-state index in [0.717, 1.165) is 0 Å². The van der Waals surface area contributed by atoms with Crippen LogP contribution >= 0.6 is 0 Å². The molecular weight excluding hydrogens is 222 g/mol. The van der Waals surface area contributed by atoms with Crippen LogP contribution in [0.3, 0.4) is 0 Å². The Balaban J connectivity index is 3.34. The second-order valence-electron chi connectivity index (χ2n) is 3.14. The predicted octanol–water partition coefficient (Wildman–Crippen LogP) is 1.60. The number of hydrogen-bond acceptors (Lipinski definition) is 5. The van der Waals surface area contributed by atoms with Crippen LogP contribution in [-0.2, 0) is 0 Å². The lowest BCUT2D eigenvalue weighted by Crippen LogP contribution is -2.02. The van der Waals surface area contributed by atoms with Crippen LogP contribution in [0.4, 0.5) is 5.69 Å². The summed E-state index contributed by atoms with van der Waals surface area (Å²) in [6, 6.07) is 4.57. The molecule has 0 heterocycles. The van der Waals surface area contributed by atoms with Crippen LogP contribution in [0.15, 0.2) is 29.3 Å². The molecule has 0 aliphatic heterocycles. The molecule has 0 fully saturated rings. The number of allylic oxidation sites excluding steroid dienone is 1. The molecule has 0 radical (unpaired) electrons. The fraction of sp³-hybridized carbons (Fsp3) is 0.182. The molecule has 0 unspecified atom stereocenters. The third-order valence-electron chi connectivity index (χ3n) is 2.11. The molecule has 0 saturated carbocycles. The Bertz CT molecular complexity index is 481. The van der Waals surface area contributed by atoms with Crippen molar-refractivity contribution in [3.63, 3.8) is 0 Å². The topological polar surface area (TPSA) is 90.8 Å². The molecular formula is C11H13N3O3. The van der Waals surface area contributed by atoms with Gasteiger partial charge < -0.3 is 10.5 Å². The number of methoxy groups -OCH3 is 1. The van der Waals surface area contributed by atoms with Crippen LogP contribution in [0.1, 0.15) is 5.56 Å². The molecule has 6 heteroatoms. The van der Waals surface area contributed by atoms with Gasteiger partial charge in [0.25, 0.3) is 0 Å². The number of nitrogens with zero attached hydrogens (tertiary/aromatic N) is 2. The van der Waals surface area contributed by atoms with Gasteiger partial charge in [0.2, 0.25) is 5.75 Å². The molecule has 90 valence electrons. The van der Waals surface area contributed by atoms with E-state index in [9.17, 15) is 10.1 Å². The summed E-state index contributed by atoms with van der Waals surface area (Å²) in [6.07, 6.45) is 3.06. The lowest BCUT2D eigenvalue weighted by molar-refractivity contribution is -0.385. The van der Waals surface area contributed by atoms with E-state index >= 15 is 0 Å². The summed E-state index contributed by atoms with van der Waals surface area (Å²) in [5, 5.41) is 10.8. The second-order valence-corrected chi connectivity index (χ2v) is 3.14. The minimum absolute atomic E-state index is 0.116. The third kappa shape index (κ3) is 2.81. The molecule has 0 aliphatic carbocycles. The first-order chi connectivity index (χ1) is 8.11. The minimum atomic E-state index is -0.510. The van der Waals surface area contributed by atoms with E-state index in [-0.39, 0.29) is 11.4 Å². The van der Waals surface area contributed by atoms with E-state index in [4.69, 9.17) is 10.5 Å². The fourth-order valence-corrected chi connectivity index (χ4v) is 1.36. The summed E-state index contributed by atoms with van der Waals surface area (Å²) in [6.45, 7) is 0. The predicted molar refractivity (Wildman–Crippen MR) is 66.2 cm³/mol. The molecule has 0 amide bonds. The molecule has 0 saturated heterocycles. The molecule has 0 aromatic heterocycles. The third-order valence-corrected chi connectivity index (χ3v) is 2.11. The molecule has 0 atom stereocenters. The number of ether oxygens (including phenoxy) is 1. The zero-order valence-corrected chi connectivity index (χ0v) is 9.58. The molecule has 6 nitrogen and oxygen atoms in total. The van der Waals surface area contributed by atoms with E-state index in [1.54, 1.807) is 25.3 Å². The van der Waals surface area contributed by atoms with Crippen molar-refractivity contribution in [1.82, 2.24) is 0 Å². The zero-order chi connectivity index (χ0) is 12.8. The molecule has 1 rings (SSSR count). The molecule has 2 N–H and O–H groups in total. The summed E-state index contributed by atoms with van der Waals surface area (Å²) in [5.74, 6) is 0.149. The van der Waals surface area contributed by atoms with Crippen molar-refractivity contribution in [2.75, 3.05) is 14.2 Å². The highest BCUT2D eigenvalue weighted by molar-refractivity contribution is 5.85. The highest BCUT2D eigenvalue weighted by Gasteiger charge is 2.18. The van der Waals surface area contributed by atoms with E-state index < -0.39 is 4.92 Å². The van der Waals surface area contributed by atoms with Gasteiger partial charge in [-0.1, -0.05) is 6.07 Å². The Labute approximate surface area is 98.6 Å². The second kappa shape index (κ2) is 5.64. The van der Waals surface area contributed by atoms with Gasteiger partial charge in [0, 0.05) is 30.6 Å². The molecule has 0 aliphatic rings. The molecule has 0 spiro atoms. The monoisotopic (exact) mass is 235 g/mol. The number of para-hydroxylation sites is 1. The van der Waals surface area contributed by atoms with Gasteiger partial charge in [-0.2, -0.15) is 0 Å². The number of nitro groups is 1. The van der Waals surface area contributed by atoms with Gasteiger partial charge in [-0.15, -0.1) is 0 Å². The van der Waals surface area contributed by atoms with E-state index in [1.807, 2.05) is 0 Å². The first kappa shape index (κ1) is 12.7. The Morgan fingerprint density at radius 1 is 1.59 bits per heavy atom. The fourth-order valence-electron chi connectivity index (χ4n) is 1.36. The van der Waals surface area contributed by atoms with E-state index in [0.29, 0.717) is 11.3 Å². The lowest BCUT2D eigenvalue weighted by Gasteiger charge is -2.08. The van der Waals surface area contributed by atoms with Crippen LogP contribution in [-0.4, -0.2) is 25.3 Å². The van der Waals surface area contributed by atoms with Crippen molar-refractivity contribution in [1.29, 1.82) is 0 Å². The summed E-state index contributed by atoms with van der Waals surface area (Å²) in [4.78, 5) is 14.1. The van der Waals surface area contributed by atoms with E-state index in [1.165, 1.54) is 19.4 Å². The largest absolute Gasteiger partial charge is 0.490 e. The smallest absolute Gasteiger partial charge is 0.311 e. The van der Waals surface area contributed by atoms with Crippen LogP contribution < -0.4 is 10.5 Å². The van der Waals surface area contributed by atoms with Crippen LogP contribution in [0.25, 0.3) is 5.70 Å². The van der Waals surface area contributed by atoms with Gasteiger partial charge in [0.05, 0.1) is 12.0 Å². The number of rotatable bonds is 4. The summed E-state index contributed by atoms with van der Waals surface area (Å²) < 4.78 is 5.03. The maximum atomic E-state index is 10.8. The van der Waals surface area contributed by atoms with Gasteiger partial charge in [-0.05, 0) is 12.1 Å². The number of nitrogens with two attached hydrogens (primary N) is 1. The Hall–Kier alpha value is -2.37. The van der Waals surface area contributed by atoms with Crippen LogP contribution in [0.5, 0.6) is 5.75 Å². The lowest BCUT2D eigenvalue weighted by atomic mass is 10.1. The summed E-state index contributed by atoms with van der Waals surface area (Å²) >= 11 is 0. The van der Waals surface area contributed by atoms with Crippen LogP contribution in [0.2, 0.25) is 0 Å².